The number of carbonyl (C=O) groups excluding carboxylic acids is 1. The Morgan fingerprint density at radius 1 is 1.30 bits per heavy atom. The van der Waals surface area contributed by atoms with Crippen molar-refractivity contribution in [2.45, 2.75) is 24.7 Å². The Kier molecular flexibility index (Phi) is 5.74. The molecule has 2 nitrogen and oxygen atoms in total. The van der Waals surface area contributed by atoms with Crippen molar-refractivity contribution in [2.24, 2.45) is 0 Å². The van der Waals surface area contributed by atoms with E-state index >= 15 is 0 Å². The predicted octanol–water partition coefficient (Wildman–Crippen LogP) is 4.93. The Bertz CT molecular complexity index is 598. The van der Waals surface area contributed by atoms with Crippen LogP contribution in [0.2, 0.25) is 5.02 Å². The quantitative estimate of drug-likeness (QED) is 0.430. The number of thioether (sulfide) groups is 1. The molecule has 0 aliphatic rings. The summed E-state index contributed by atoms with van der Waals surface area (Å²) in [4.78, 5) is 12.5. The molecular formula is C16H17ClO2S. The Labute approximate surface area is 128 Å². The number of halogens is 1. The van der Waals surface area contributed by atoms with E-state index < -0.39 is 0 Å². The monoisotopic (exact) mass is 308 g/mol. The molecule has 106 valence electrons. The van der Waals surface area contributed by atoms with Crippen LogP contribution in [0.4, 0.5) is 0 Å². The average molecular weight is 309 g/mol. The highest BCUT2D eigenvalue weighted by molar-refractivity contribution is 7.99. The molecule has 0 fully saturated rings. The van der Waals surface area contributed by atoms with Crippen LogP contribution in [0.1, 0.15) is 19.8 Å². The molecule has 2 aromatic carbocycles. The van der Waals surface area contributed by atoms with Gasteiger partial charge in [-0.15, -0.1) is 11.8 Å². The van der Waals surface area contributed by atoms with Gasteiger partial charge in [0.15, 0.2) is 0 Å². The smallest absolute Gasteiger partial charge is 0.305 e. The summed E-state index contributed by atoms with van der Waals surface area (Å²) in [5, 5.41) is 3.10. The zero-order chi connectivity index (χ0) is 14.4. The highest BCUT2D eigenvalue weighted by Gasteiger charge is 2.04. The van der Waals surface area contributed by atoms with Crippen LogP contribution in [-0.4, -0.2) is 18.3 Å². The Balaban J connectivity index is 1.95. The average Bonchev–Trinajstić information content (AvgIpc) is 2.43. The summed E-state index contributed by atoms with van der Waals surface area (Å²) in [6, 6.07) is 12.1. The molecule has 0 N–H and O–H groups in total. The fraction of sp³-hybridized carbons (Fsp3) is 0.312. The van der Waals surface area contributed by atoms with Gasteiger partial charge >= 0.3 is 5.97 Å². The topological polar surface area (TPSA) is 26.3 Å². The lowest BCUT2D eigenvalue weighted by atomic mass is 10.1. The maximum absolute atomic E-state index is 11.3. The second-order valence-corrected chi connectivity index (χ2v) is 5.95. The second kappa shape index (κ2) is 7.55. The van der Waals surface area contributed by atoms with Crippen molar-refractivity contribution in [1.29, 1.82) is 0 Å². The molecule has 20 heavy (non-hydrogen) atoms. The fourth-order valence-electron chi connectivity index (χ4n) is 1.98. The maximum Gasteiger partial charge on any atom is 0.305 e. The minimum Gasteiger partial charge on any atom is -0.466 e. The minimum absolute atomic E-state index is 0.113. The standard InChI is InChI=1S/C16H17ClO2S/c1-2-19-16(18)7-4-10-20-15-6-3-5-12-11-13(17)8-9-14(12)15/h3,5-6,8-9,11H,2,4,7,10H2,1H3. The van der Waals surface area contributed by atoms with Crippen LogP contribution in [0.3, 0.4) is 0 Å². The van der Waals surface area contributed by atoms with Crippen molar-refractivity contribution in [3.05, 3.63) is 41.4 Å². The first-order chi connectivity index (χ1) is 9.70. The second-order valence-electron chi connectivity index (χ2n) is 4.38. The zero-order valence-corrected chi connectivity index (χ0v) is 13.0. The molecular weight excluding hydrogens is 292 g/mol. The molecule has 0 spiro atoms. The Morgan fingerprint density at radius 3 is 2.95 bits per heavy atom. The van der Waals surface area contributed by atoms with E-state index in [-0.39, 0.29) is 5.97 Å². The number of benzene rings is 2. The summed E-state index contributed by atoms with van der Waals surface area (Å²) in [6.07, 6.45) is 1.31. The van der Waals surface area contributed by atoms with Crippen LogP contribution in [-0.2, 0) is 9.53 Å². The van der Waals surface area contributed by atoms with Crippen LogP contribution >= 0.6 is 23.4 Å². The lowest BCUT2D eigenvalue weighted by Gasteiger charge is -2.06. The minimum atomic E-state index is -0.113. The molecule has 0 aliphatic carbocycles. The molecule has 0 saturated heterocycles. The van der Waals surface area contributed by atoms with Crippen molar-refractivity contribution in [3.63, 3.8) is 0 Å². The summed E-state index contributed by atoms with van der Waals surface area (Å²) < 4.78 is 4.91. The lowest BCUT2D eigenvalue weighted by Crippen LogP contribution is -2.03. The fourth-order valence-corrected chi connectivity index (χ4v) is 3.19. The number of hydrogen-bond donors (Lipinski definition) is 0. The van der Waals surface area contributed by atoms with Crippen molar-refractivity contribution in [1.82, 2.24) is 0 Å². The van der Waals surface area contributed by atoms with Gasteiger partial charge < -0.3 is 4.74 Å². The van der Waals surface area contributed by atoms with Crippen molar-refractivity contribution in [2.75, 3.05) is 12.4 Å². The predicted molar refractivity (Wildman–Crippen MR) is 85.5 cm³/mol. The zero-order valence-electron chi connectivity index (χ0n) is 11.4. The summed E-state index contributed by atoms with van der Waals surface area (Å²) >= 11 is 7.77. The SMILES string of the molecule is CCOC(=O)CCCSc1cccc2cc(Cl)ccc12. The number of rotatable bonds is 6. The number of fused-ring (bicyclic) bond motifs is 1. The first-order valence-electron chi connectivity index (χ1n) is 6.67. The largest absolute Gasteiger partial charge is 0.466 e. The van der Waals surface area contributed by atoms with Crippen molar-refractivity contribution >= 4 is 40.1 Å². The molecule has 0 heterocycles. The first-order valence-corrected chi connectivity index (χ1v) is 8.03. The Hall–Kier alpha value is -1.19. The molecule has 0 saturated carbocycles. The van der Waals surface area contributed by atoms with Gasteiger partial charge in [-0.05, 0) is 48.1 Å². The maximum atomic E-state index is 11.3. The van der Waals surface area contributed by atoms with Crippen LogP contribution in [0.5, 0.6) is 0 Å². The third-order valence-corrected chi connectivity index (χ3v) is 4.29. The van der Waals surface area contributed by atoms with E-state index in [0.29, 0.717) is 13.0 Å². The van der Waals surface area contributed by atoms with Crippen LogP contribution in [0, 0.1) is 0 Å². The van der Waals surface area contributed by atoms with E-state index in [9.17, 15) is 4.79 Å². The molecule has 2 aromatic rings. The normalized spacial score (nSPS) is 10.7. The summed E-state index contributed by atoms with van der Waals surface area (Å²) in [5.41, 5.74) is 0. The molecule has 0 aromatic heterocycles. The molecule has 4 heteroatoms. The summed E-state index contributed by atoms with van der Waals surface area (Å²) in [7, 11) is 0. The van der Waals surface area contributed by atoms with Gasteiger partial charge in [0.1, 0.15) is 0 Å². The lowest BCUT2D eigenvalue weighted by molar-refractivity contribution is -0.143. The summed E-state index contributed by atoms with van der Waals surface area (Å²) in [6.45, 7) is 2.28. The third kappa shape index (κ3) is 4.15. The van der Waals surface area contributed by atoms with Gasteiger partial charge in [0.05, 0.1) is 6.61 Å². The van der Waals surface area contributed by atoms with E-state index in [1.54, 1.807) is 11.8 Å². The van der Waals surface area contributed by atoms with Gasteiger partial charge in [-0.2, -0.15) is 0 Å². The van der Waals surface area contributed by atoms with Crippen molar-refractivity contribution in [3.8, 4) is 0 Å². The molecule has 0 radical (unpaired) electrons. The van der Waals surface area contributed by atoms with Gasteiger partial charge in [-0.3, -0.25) is 4.79 Å². The first kappa shape index (κ1) is 15.2. The number of carbonyl (C=O) groups is 1. The van der Waals surface area contributed by atoms with Crippen LogP contribution < -0.4 is 0 Å². The highest BCUT2D eigenvalue weighted by Crippen LogP contribution is 2.30. The van der Waals surface area contributed by atoms with Gasteiger partial charge in [0.25, 0.3) is 0 Å². The van der Waals surface area contributed by atoms with Gasteiger partial charge in [0, 0.05) is 16.3 Å². The highest BCUT2D eigenvalue weighted by atomic mass is 35.5. The molecule has 0 atom stereocenters. The summed E-state index contributed by atoms with van der Waals surface area (Å²) in [5.74, 6) is 0.790. The molecule has 0 bridgehead atoms. The van der Waals surface area contributed by atoms with E-state index in [1.807, 2.05) is 31.2 Å². The molecule has 0 unspecified atom stereocenters. The van der Waals surface area contributed by atoms with Gasteiger partial charge in [-0.25, -0.2) is 0 Å². The number of hydrogen-bond acceptors (Lipinski definition) is 3. The number of ether oxygens (including phenoxy) is 1. The van der Waals surface area contributed by atoms with Crippen LogP contribution in [0.25, 0.3) is 10.8 Å². The molecule has 0 aliphatic heterocycles. The molecule has 0 amide bonds. The van der Waals surface area contributed by atoms with Gasteiger partial charge in [-0.1, -0.05) is 29.8 Å². The van der Waals surface area contributed by atoms with E-state index in [0.717, 1.165) is 22.6 Å². The van der Waals surface area contributed by atoms with E-state index in [1.165, 1.54) is 10.3 Å². The van der Waals surface area contributed by atoms with Crippen molar-refractivity contribution < 1.29 is 9.53 Å². The molecule has 2 rings (SSSR count). The van der Waals surface area contributed by atoms with E-state index in [2.05, 4.69) is 12.1 Å². The third-order valence-electron chi connectivity index (χ3n) is 2.89. The van der Waals surface area contributed by atoms with Crippen LogP contribution in [0.15, 0.2) is 41.3 Å². The van der Waals surface area contributed by atoms with Gasteiger partial charge in [0.2, 0.25) is 0 Å². The van der Waals surface area contributed by atoms with E-state index in [4.69, 9.17) is 16.3 Å². The Morgan fingerprint density at radius 2 is 2.15 bits per heavy atom. The number of esters is 1.